The molecule has 0 amide bonds. The lowest BCUT2D eigenvalue weighted by atomic mass is 9.88. The highest BCUT2D eigenvalue weighted by atomic mass is 35.5. The van der Waals surface area contributed by atoms with E-state index in [1.165, 1.54) is 20.9 Å². The molecule has 1 heterocycles. The van der Waals surface area contributed by atoms with Crippen LogP contribution < -0.4 is 0 Å². The molecular weight excluding hydrogens is 236 g/mol. The van der Waals surface area contributed by atoms with Crippen LogP contribution >= 0.6 is 23.4 Å². The van der Waals surface area contributed by atoms with Crippen LogP contribution in [0.15, 0.2) is 51.8 Å². The average Bonchev–Trinajstić information content (AvgIpc) is 2.29. The summed E-state index contributed by atoms with van der Waals surface area (Å²) in [4.78, 5) is 2.29. The molecular formula is C14H13ClS. The Hall–Kier alpha value is -0.660. The first-order valence-corrected chi connectivity index (χ1v) is 6.76. The number of halogens is 1. The molecule has 1 aromatic rings. The summed E-state index contributed by atoms with van der Waals surface area (Å²) in [7, 11) is 0. The summed E-state index contributed by atoms with van der Waals surface area (Å²) in [6, 6.07) is 8.45. The van der Waals surface area contributed by atoms with Gasteiger partial charge in [-0.1, -0.05) is 42.1 Å². The molecule has 2 heteroatoms. The second-order valence-corrected chi connectivity index (χ2v) is 6.20. The quantitative estimate of drug-likeness (QED) is 0.592. The lowest BCUT2D eigenvalue weighted by Gasteiger charge is -2.35. The molecule has 0 N–H and O–H groups in total. The van der Waals surface area contributed by atoms with E-state index in [0.717, 1.165) is 12.8 Å². The number of benzene rings is 1. The van der Waals surface area contributed by atoms with Gasteiger partial charge in [-0.2, -0.15) is 0 Å². The zero-order valence-electron chi connectivity index (χ0n) is 9.16. The van der Waals surface area contributed by atoms with Gasteiger partial charge >= 0.3 is 0 Å². The normalized spacial score (nSPS) is 27.6. The van der Waals surface area contributed by atoms with Crippen LogP contribution in [0.5, 0.6) is 0 Å². The summed E-state index contributed by atoms with van der Waals surface area (Å²) in [5, 5.41) is 0. The Balaban J connectivity index is 2.23. The molecule has 1 aliphatic carbocycles. The molecule has 1 unspecified atom stereocenters. The fourth-order valence-electron chi connectivity index (χ4n) is 2.38. The molecule has 0 radical (unpaired) electrons. The maximum atomic E-state index is 6.75. The standard InChI is InChI=1S/C14H13ClS/c1-14(15)10-6-2-4-8-12(10)16-13-9-5-3-7-11(13)14/h2,4,6-9H,3,5H2,1H3. The molecule has 0 saturated heterocycles. The molecule has 0 aromatic heterocycles. The summed E-state index contributed by atoms with van der Waals surface area (Å²) < 4.78 is 0. The van der Waals surface area contributed by atoms with Crippen LogP contribution in [0.25, 0.3) is 0 Å². The lowest BCUT2D eigenvalue weighted by Crippen LogP contribution is -2.23. The highest BCUT2D eigenvalue weighted by molar-refractivity contribution is 8.03. The number of hydrogen-bond acceptors (Lipinski definition) is 1. The minimum atomic E-state index is -0.353. The summed E-state index contributed by atoms with van der Waals surface area (Å²) in [5.41, 5.74) is 2.54. The van der Waals surface area contributed by atoms with Crippen LogP contribution in [-0.2, 0) is 4.87 Å². The summed E-state index contributed by atoms with van der Waals surface area (Å²) in [6.45, 7) is 2.11. The van der Waals surface area contributed by atoms with Gasteiger partial charge in [0.2, 0.25) is 0 Å². The topological polar surface area (TPSA) is 0 Å². The Morgan fingerprint density at radius 1 is 1.19 bits per heavy atom. The Labute approximate surface area is 105 Å². The molecule has 1 atom stereocenters. The van der Waals surface area contributed by atoms with Crippen molar-refractivity contribution in [3.8, 4) is 0 Å². The fourth-order valence-corrected chi connectivity index (χ4v) is 4.20. The Morgan fingerprint density at radius 2 is 1.94 bits per heavy atom. The van der Waals surface area contributed by atoms with Crippen molar-refractivity contribution < 1.29 is 0 Å². The summed E-state index contributed by atoms with van der Waals surface area (Å²) in [5.74, 6) is 0. The van der Waals surface area contributed by atoms with E-state index in [4.69, 9.17) is 11.6 Å². The zero-order chi connectivity index (χ0) is 11.2. The molecule has 0 spiro atoms. The van der Waals surface area contributed by atoms with Gasteiger partial charge in [0.05, 0.1) is 4.87 Å². The molecule has 0 saturated carbocycles. The molecule has 16 heavy (non-hydrogen) atoms. The first kappa shape index (κ1) is 10.5. The van der Waals surface area contributed by atoms with Crippen molar-refractivity contribution in [2.24, 2.45) is 0 Å². The van der Waals surface area contributed by atoms with Crippen LogP contribution in [0.1, 0.15) is 25.3 Å². The Kier molecular flexibility index (Phi) is 2.41. The fraction of sp³-hybridized carbons (Fsp3) is 0.286. The van der Waals surface area contributed by atoms with Crippen LogP contribution in [0, 0.1) is 0 Å². The van der Waals surface area contributed by atoms with Gasteiger partial charge in [0.1, 0.15) is 0 Å². The van der Waals surface area contributed by atoms with Crippen LogP contribution in [0.3, 0.4) is 0 Å². The van der Waals surface area contributed by atoms with Crippen LogP contribution in [-0.4, -0.2) is 0 Å². The Morgan fingerprint density at radius 3 is 2.81 bits per heavy atom. The molecule has 2 aliphatic rings. The van der Waals surface area contributed by atoms with Gasteiger partial charge in [-0.05, 0) is 37.0 Å². The molecule has 1 aromatic carbocycles. The van der Waals surface area contributed by atoms with Gasteiger partial charge < -0.3 is 0 Å². The van der Waals surface area contributed by atoms with Crippen molar-refractivity contribution in [1.29, 1.82) is 0 Å². The van der Waals surface area contributed by atoms with Crippen molar-refractivity contribution in [2.75, 3.05) is 0 Å². The van der Waals surface area contributed by atoms with E-state index in [0.29, 0.717) is 0 Å². The molecule has 0 fully saturated rings. The van der Waals surface area contributed by atoms with Gasteiger partial charge in [0.25, 0.3) is 0 Å². The summed E-state index contributed by atoms with van der Waals surface area (Å²) >= 11 is 8.61. The second-order valence-electron chi connectivity index (χ2n) is 4.36. The van der Waals surface area contributed by atoms with Gasteiger partial charge in [0, 0.05) is 9.80 Å². The number of alkyl halides is 1. The van der Waals surface area contributed by atoms with Crippen LogP contribution in [0.4, 0.5) is 0 Å². The van der Waals surface area contributed by atoms with Crippen molar-refractivity contribution in [3.63, 3.8) is 0 Å². The number of allylic oxidation sites excluding steroid dienone is 3. The van der Waals surface area contributed by atoms with Crippen molar-refractivity contribution in [2.45, 2.75) is 29.5 Å². The number of rotatable bonds is 0. The SMILES string of the molecule is CC1(Cl)C2=CCCC=C2Sc2ccccc21. The molecule has 1 aliphatic heterocycles. The largest absolute Gasteiger partial charge is 0.109 e. The third-order valence-electron chi connectivity index (χ3n) is 3.23. The minimum absolute atomic E-state index is 0.353. The van der Waals surface area contributed by atoms with Gasteiger partial charge in [-0.3, -0.25) is 0 Å². The molecule has 0 bridgehead atoms. The second kappa shape index (κ2) is 3.68. The average molecular weight is 249 g/mol. The summed E-state index contributed by atoms with van der Waals surface area (Å²) in [6.07, 6.45) is 6.87. The van der Waals surface area contributed by atoms with Gasteiger partial charge in [-0.15, -0.1) is 11.6 Å². The molecule has 0 nitrogen and oxygen atoms in total. The van der Waals surface area contributed by atoms with E-state index in [-0.39, 0.29) is 4.87 Å². The highest BCUT2D eigenvalue weighted by Crippen LogP contribution is 2.54. The Bertz CT molecular complexity index is 497. The number of hydrogen-bond donors (Lipinski definition) is 0. The lowest BCUT2D eigenvalue weighted by molar-refractivity contribution is 0.769. The third-order valence-corrected chi connectivity index (χ3v) is 4.82. The third kappa shape index (κ3) is 1.46. The van der Waals surface area contributed by atoms with E-state index < -0.39 is 0 Å². The number of fused-ring (bicyclic) bond motifs is 2. The van der Waals surface area contributed by atoms with Crippen LogP contribution in [0.2, 0.25) is 0 Å². The maximum absolute atomic E-state index is 6.75. The van der Waals surface area contributed by atoms with E-state index in [2.05, 4.69) is 43.3 Å². The minimum Gasteiger partial charge on any atom is -0.109 e. The van der Waals surface area contributed by atoms with Gasteiger partial charge in [-0.25, -0.2) is 0 Å². The smallest absolute Gasteiger partial charge is 0.0934 e. The predicted octanol–water partition coefficient (Wildman–Crippen LogP) is 4.85. The monoisotopic (exact) mass is 248 g/mol. The van der Waals surface area contributed by atoms with Crippen molar-refractivity contribution >= 4 is 23.4 Å². The number of thioether (sulfide) groups is 1. The first-order valence-electron chi connectivity index (χ1n) is 5.57. The van der Waals surface area contributed by atoms with E-state index >= 15 is 0 Å². The highest BCUT2D eigenvalue weighted by Gasteiger charge is 2.37. The van der Waals surface area contributed by atoms with E-state index in [1.807, 2.05) is 11.8 Å². The maximum Gasteiger partial charge on any atom is 0.0934 e. The molecule has 3 rings (SSSR count). The predicted molar refractivity (Wildman–Crippen MR) is 70.9 cm³/mol. The molecule has 82 valence electrons. The zero-order valence-corrected chi connectivity index (χ0v) is 10.7. The van der Waals surface area contributed by atoms with Crippen molar-refractivity contribution in [1.82, 2.24) is 0 Å². The van der Waals surface area contributed by atoms with E-state index in [1.54, 1.807) is 0 Å². The van der Waals surface area contributed by atoms with Crippen molar-refractivity contribution in [3.05, 3.63) is 52.5 Å². The van der Waals surface area contributed by atoms with Gasteiger partial charge in [0.15, 0.2) is 0 Å². The van der Waals surface area contributed by atoms with E-state index in [9.17, 15) is 0 Å². The first-order chi connectivity index (χ1) is 7.69.